The van der Waals surface area contributed by atoms with Crippen molar-refractivity contribution in [3.8, 4) is 5.75 Å². The number of carboxylic acid groups (broad SMARTS) is 1. The first kappa shape index (κ1) is 18.2. The zero-order valence-corrected chi connectivity index (χ0v) is 13.4. The van der Waals surface area contributed by atoms with Gasteiger partial charge in [0.25, 0.3) is 0 Å². The molecule has 1 unspecified atom stereocenters. The molecular weight excluding hydrogens is 284 g/mol. The molecule has 122 valence electrons. The molecule has 0 aliphatic carbocycles. The van der Waals surface area contributed by atoms with Gasteiger partial charge in [-0.15, -0.1) is 0 Å². The van der Waals surface area contributed by atoms with E-state index in [2.05, 4.69) is 6.58 Å². The smallest absolute Gasteiger partial charge is 0.333 e. The summed E-state index contributed by atoms with van der Waals surface area (Å²) in [6.45, 7) is 10.1. The van der Waals surface area contributed by atoms with E-state index in [4.69, 9.17) is 19.3 Å². The molecule has 0 radical (unpaired) electrons. The fourth-order valence-electron chi connectivity index (χ4n) is 1.61. The number of rotatable bonds is 9. The van der Waals surface area contributed by atoms with Crippen molar-refractivity contribution in [3.63, 3.8) is 0 Å². The Morgan fingerprint density at radius 3 is 2.41 bits per heavy atom. The van der Waals surface area contributed by atoms with Crippen LogP contribution in [-0.4, -0.2) is 42.6 Å². The third-order valence-electron chi connectivity index (χ3n) is 2.75. The second kappa shape index (κ2) is 8.56. The van der Waals surface area contributed by atoms with Gasteiger partial charge in [0.2, 0.25) is 0 Å². The van der Waals surface area contributed by atoms with Crippen molar-refractivity contribution in [2.75, 3.05) is 19.8 Å². The predicted octanol–water partition coefficient (Wildman–Crippen LogP) is 2.91. The second-order valence-electron chi connectivity index (χ2n) is 5.77. The van der Waals surface area contributed by atoms with Crippen LogP contribution in [-0.2, 0) is 14.3 Å². The van der Waals surface area contributed by atoms with E-state index in [1.807, 2.05) is 39.0 Å². The maximum atomic E-state index is 11.1. The Morgan fingerprint density at radius 1 is 1.23 bits per heavy atom. The molecule has 0 heterocycles. The highest BCUT2D eigenvalue weighted by atomic mass is 16.6. The lowest BCUT2D eigenvalue weighted by Gasteiger charge is -2.22. The summed E-state index contributed by atoms with van der Waals surface area (Å²) in [5, 5.41) is 9.07. The van der Waals surface area contributed by atoms with Gasteiger partial charge in [-0.2, -0.15) is 0 Å². The molecule has 5 heteroatoms. The molecule has 0 aliphatic heterocycles. The Morgan fingerprint density at radius 2 is 1.86 bits per heavy atom. The third kappa shape index (κ3) is 7.24. The maximum Gasteiger partial charge on any atom is 0.333 e. The van der Waals surface area contributed by atoms with Gasteiger partial charge in [-0.05, 0) is 32.9 Å². The molecule has 0 amide bonds. The quantitative estimate of drug-likeness (QED) is 0.561. The second-order valence-corrected chi connectivity index (χ2v) is 5.77. The van der Waals surface area contributed by atoms with Crippen LogP contribution in [0.2, 0.25) is 0 Å². The monoisotopic (exact) mass is 308 g/mol. The van der Waals surface area contributed by atoms with Gasteiger partial charge in [-0.1, -0.05) is 24.8 Å². The number of carbonyl (C=O) groups is 1. The molecule has 1 atom stereocenters. The van der Waals surface area contributed by atoms with Crippen molar-refractivity contribution >= 4 is 5.97 Å². The van der Waals surface area contributed by atoms with E-state index in [1.54, 1.807) is 12.1 Å². The van der Waals surface area contributed by atoms with Gasteiger partial charge in [-0.3, -0.25) is 0 Å². The van der Waals surface area contributed by atoms with Crippen molar-refractivity contribution in [2.45, 2.75) is 32.5 Å². The summed E-state index contributed by atoms with van der Waals surface area (Å²) in [5.74, 6) is -0.446. The lowest BCUT2D eigenvalue weighted by atomic mass is 10.2. The molecular formula is C17H24O5. The highest BCUT2D eigenvalue weighted by Crippen LogP contribution is 2.13. The van der Waals surface area contributed by atoms with E-state index in [9.17, 15) is 4.79 Å². The highest BCUT2D eigenvalue weighted by Gasteiger charge is 2.20. The first-order valence-electron chi connectivity index (χ1n) is 7.15. The van der Waals surface area contributed by atoms with Crippen LogP contribution in [0, 0.1) is 0 Å². The van der Waals surface area contributed by atoms with Gasteiger partial charge in [0.1, 0.15) is 18.5 Å². The highest BCUT2D eigenvalue weighted by molar-refractivity contribution is 5.87. The summed E-state index contributed by atoms with van der Waals surface area (Å²) >= 11 is 0. The molecule has 0 saturated carbocycles. The fraction of sp³-hybridized carbons (Fsp3) is 0.471. The summed E-state index contributed by atoms with van der Waals surface area (Å²) in [4.78, 5) is 11.1. The molecule has 0 spiro atoms. The number of para-hydroxylation sites is 1. The van der Waals surface area contributed by atoms with Gasteiger partial charge in [-0.25, -0.2) is 4.79 Å². The summed E-state index contributed by atoms with van der Waals surface area (Å²) < 4.78 is 16.6. The Labute approximate surface area is 131 Å². The van der Waals surface area contributed by atoms with Crippen LogP contribution in [0.25, 0.3) is 0 Å². The van der Waals surface area contributed by atoms with Gasteiger partial charge < -0.3 is 19.3 Å². The number of hydrogen-bond donors (Lipinski definition) is 1. The van der Waals surface area contributed by atoms with Crippen LogP contribution in [0.1, 0.15) is 20.8 Å². The largest absolute Gasteiger partial charge is 0.491 e. The molecule has 1 N–H and O–H groups in total. The topological polar surface area (TPSA) is 65.0 Å². The van der Waals surface area contributed by atoms with Gasteiger partial charge in [0, 0.05) is 0 Å². The van der Waals surface area contributed by atoms with E-state index in [-0.39, 0.29) is 24.4 Å². The zero-order valence-electron chi connectivity index (χ0n) is 13.4. The lowest BCUT2D eigenvalue weighted by molar-refractivity contribution is -0.135. The van der Waals surface area contributed by atoms with Crippen LogP contribution in [0.4, 0.5) is 0 Å². The summed E-state index contributed by atoms with van der Waals surface area (Å²) in [7, 11) is 0. The number of benzene rings is 1. The van der Waals surface area contributed by atoms with E-state index in [1.165, 1.54) is 0 Å². The van der Waals surface area contributed by atoms with Crippen LogP contribution >= 0.6 is 0 Å². The molecule has 0 bridgehead atoms. The Kier molecular flexibility index (Phi) is 7.08. The van der Waals surface area contributed by atoms with Crippen LogP contribution in [0.3, 0.4) is 0 Å². The van der Waals surface area contributed by atoms with Crippen molar-refractivity contribution < 1.29 is 24.1 Å². The van der Waals surface area contributed by atoms with Gasteiger partial charge >= 0.3 is 5.97 Å². The van der Waals surface area contributed by atoms with E-state index < -0.39 is 12.1 Å². The average molecular weight is 308 g/mol. The van der Waals surface area contributed by atoms with Crippen molar-refractivity contribution in [1.82, 2.24) is 0 Å². The van der Waals surface area contributed by atoms with Gasteiger partial charge in [0.05, 0.1) is 24.4 Å². The van der Waals surface area contributed by atoms with Crippen molar-refractivity contribution in [3.05, 3.63) is 42.5 Å². The first-order valence-corrected chi connectivity index (χ1v) is 7.15. The molecule has 1 aromatic carbocycles. The summed E-state index contributed by atoms with van der Waals surface area (Å²) in [5.41, 5.74) is -0.296. The molecule has 22 heavy (non-hydrogen) atoms. The maximum absolute atomic E-state index is 11.1. The number of aliphatic carboxylic acids is 1. The standard InChI is InChI=1S/C17H24O5/c1-13(16(18)19)15(20-10-11-22-17(2,3)4)12-21-14-8-6-5-7-9-14/h5-9,15H,1,10-12H2,2-4H3,(H,18,19). The Balaban J connectivity index is 2.50. The summed E-state index contributed by atoms with van der Waals surface area (Å²) in [6, 6.07) is 9.15. The molecule has 0 saturated heterocycles. The fourth-order valence-corrected chi connectivity index (χ4v) is 1.61. The number of ether oxygens (including phenoxy) is 3. The zero-order chi connectivity index (χ0) is 16.6. The average Bonchev–Trinajstić information content (AvgIpc) is 2.45. The molecule has 1 rings (SSSR count). The number of hydrogen-bond acceptors (Lipinski definition) is 4. The van der Waals surface area contributed by atoms with E-state index >= 15 is 0 Å². The van der Waals surface area contributed by atoms with Crippen molar-refractivity contribution in [2.24, 2.45) is 0 Å². The van der Waals surface area contributed by atoms with Crippen molar-refractivity contribution in [1.29, 1.82) is 0 Å². The minimum absolute atomic E-state index is 0.0355. The molecule has 5 nitrogen and oxygen atoms in total. The van der Waals surface area contributed by atoms with E-state index in [0.29, 0.717) is 12.4 Å². The predicted molar refractivity (Wildman–Crippen MR) is 84.2 cm³/mol. The van der Waals surface area contributed by atoms with Gasteiger partial charge in [0.15, 0.2) is 0 Å². The number of carboxylic acids is 1. The first-order chi connectivity index (χ1) is 10.3. The summed E-state index contributed by atoms with van der Waals surface area (Å²) in [6.07, 6.45) is -0.721. The molecule has 0 aliphatic rings. The molecule has 0 fully saturated rings. The van der Waals surface area contributed by atoms with Crippen LogP contribution in [0.5, 0.6) is 5.75 Å². The van der Waals surface area contributed by atoms with E-state index in [0.717, 1.165) is 0 Å². The van der Waals surface area contributed by atoms with Crippen LogP contribution < -0.4 is 4.74 Å². The Hall–Kier alpha value is -1.85. The lowest BCUT2D eigenvalue weighted by Crippen LogP contribution is -2.30. The molecule has 0 aromatic heterocycles. The minimum Gasteiger partial charge on any atom is -0.491 e. The Bertz CT molecular complexity index is 476. The minimum atomic E-state index is -1.10. The third-order valence-corrected chi connectivity index (χ3v) is 2.75. The molecule has 1 aromatic rings. The SMILES string of the molecule is C=C(C(=O)O)C(COc1ccccc1)OCCOC(C)(C)C. The van der Waals surface area contributed by atoms with Crippen LogP contribution in [0.15, 0.2) is 42.5 Å². The normalized spacial score (nSPS) is 12.7.